The minimum atomic E-state index is -0.306. The lowest BCUT2D eigenvalue weighted by Crippen LogP contribution is -2.32. The van der Waals surface area contributed by atoms with Gasteiger partial charge in [0.05, 0.1) is 5.54 Å². The molecule has 2 aromatic heterocycles. The molecule has 0 amide bonds. The van der Waals surface area contributed by atoms with Crippen LogP contribution in [0.4, 0.5) is 0 Å². The van der Waals surface area contributed by atoms with Gasteiger partial charge in [0, 0.05) is 0 Å². The zero-order valence-corrected chi connectivity index (χ0v) is 8.27. The van der Waals surface area contributed by atoms with Crippen molar-refractivity contribution in [3.8, 4) is 0 Å². The Labute approximate surface area is 80.0 Å². The molecule has 0 unspecified atom stereocenters. The first-order chi connectivity index (χ1) is 6.50. The Morgan fingerprint density at radius 3 is 2.71 bits per heavy atom. The third-order valence-corrected chi connectivity index (χ3v) is 1.91. The van der Waals surface area contributed by atoms with E-state index in [1.807, 2.05) is 20.8 Å². The number of nitrogens with one attached hydrogen (secondary N) is 1. The first-order valence-corrected chi connectivity index (χ1v) is 4.29. The van der Waals surface area contributed by atoms with E-state index in [2.05, 4.69) is 20.3 Å². The van der Waals surface area contributed by atoms with Gasteiger partial charge in [0.2, 0.25) is 0 Å². The van der Waals surface area contributed by atoms with Gasteiger partial charge in [-0.15, -0.1) is 10.2 Å². The van der Waals surface area contributed by atoms with Crippen LogP contribution >= 0.6 is 0 Å². The summed E-state index contributed by atoms with van der Waals surface area (Å²) < 4.78 is 1.50. The summed E-state index contributed by atoms with van der Waals surface area (Å²) in [4.78, 5) is 15.7. The highest BCUT2D eigenvalue weighted by molar-refractivity contribution is 5.67. The molecule has 0 spiro atoms. The van der Waals surface area contributed by atoms with Crippen molar-refractivity contribution < 1.29 is 0 Å². The van der Waals surface area contributed by atoms with Gasteiger partial charge in [-0.25, -0.2) is 9.67 Å². The lowest BCUT2D eigenvalue weighted by molar-refractivity contribution is 0.348. The Hall–Kier alpha value is -1.72. The highest BCUT2D eigenvalue weighted by atomic mass is 16.1. The quantitative estimate of drug-likeness (QED) is 0.651. The van der Waals surface area contributed by atoms with Gasteiger partial charge in [0.1, 0.15) is 6.33 Å². The van der Waals surface area contributed by atoms with Gasteiger partial charge in [0.15, 0.2) is 11.2 Å². The maximum atomic E-state index is 11.8. The van der Waals surface area contributed by atoms with Crippen LogP contribution in [-0.2, 0) is 5.54 Å². The Balaban J connectivity index is 2.82. The summed E-state index contributed by atoms with van der Waals surface area (Å²) in [7, 11) is 0. The molecule has 0 bridgehead atoms. The molecule has 2 rings (SSSR count). The number of hydrogen-bond acceptors (Lipinski definition) is 4. The fraction of sp³-hybridized carbons (Fsp3) is 0.500. The summed E-state index contributed by atoms with van der Waals surface area (Å²) in [6.45, 7) is 5.78. The molecule has 0 saturated heterocycles. The second-order valence-electron chi connectivity index (χ2n) is 4.08. The normalized spacial score (nSPS) is 12.2. The maximum Gasteiger partial charge on any atom is 0.295 e. The molecule has 0 aromatic carbocycles. The van der Waals surface area contributed by atoms with Crippen molar-refractivity contribution in [2.24, 2.45) is 0 Å². The SMILES string of the molecule is CC(C)(C)n1[nH]c2nncnc2c1=O. The van der Waals surface area contributed by atoms with Gasteiger partial charge in [-0.2, -0.15) is 0 Å². The van der Waals surface area contributed by atoms with Crippen LogP contribution in [0.1, 0.15) is 20.8 Å². The number of nitrogens with zero attached hydrogens (tertiary/aromatic N) is 4. The van der Waals surface area contributed by atoms with E-state index in [-0.39, 0.29) is 11.1 Å². The molecule has 2 aromatic rings. The lowest BCUT2D eigenvalue weighted by Gasteiger charge is -2.18. The average Bonchev–Trinajstić information content (AvgIpc) is 2.44. The number of aromatic nitrogens is 5. The van der Waals surface area contributed by atoms with Gasteiger partial charge < -0.3 is 0 Å². The first kappa shape index (κ1) is 8.86. The molecule has 0 saturated carbocycles. The van der Waals surface area contributed by atoms with Gasteiger partial charge >= 0.3 is 0 Å². The number of hydrogen-bond donors (Lipinski definition) is 1. The van der Waals surface area contributed by atoms with Crippen LogP contribution in [-0.4, -0.2) is 25.0 Å². The molecule has 0 aliphatic heterocycles. The van der Waals surface area contributed by atoms with Gasteiger partial charge in [0.25, 0.3) is 5.56 Å². The van der Waals surface area contributed by atoms with Crippen LogP contribution < -0.4 is 5.56 Å². The smallest absolute Gasteiger partial charge is 0.275 e. The van der Waals surface area contributed by atoms with Gasteiger partial charge in [-0.1, -0.05) is 0 Å². The monoisotopic (exact) mass is 193 g/mol. The van der Waals surface area contributed by atoms with Crippen molar-refractivity contribution in [2.45, 2.75) is 26.3 Å². The van der Waals surface area contributed by atoms with Crippen LogP contribution in [0.3, 0.4) is 0 Å². The zero-order chi connectivity index (χ0) is 10.3. The van der Waals surface area contributed by atoms with Crippen molar-refractivity contribution in [3.05, 3.63) is 16.7 Å². The molecule has 0 aliphatic rings. The number of fused-ring (bicyclic) bond motifs is 1. The molecule has 1 N–H and O–H groups in total. The fourth-order valence-electron chi connectivity index (χ4n) is 1.24. The first-order valence-electron chi connectivity index (χ1n) is 4.29. The summed E-state index contributed by atoms with van der Waals surface area (Å²) in [5, 5.41) is 10.3. The summed E-state index contributed by atoms with van der Waals surface area (Å²) in [5.74, 6) is 0. The van der Waals surface area contributed by atoms with E-state index in [4.69, 9.17) is 0 Å². The highest BCUT2D eigenvalue weighted by Crippen LogP contribution is 2.10. The van der Waals surface area contributed by atoms with E-state index in [1.54, 1.807) is 0 Å². The van der Waals surface area contributed by atoms with E-state index >= 15 is 0 Å². The van der Waals surface area contributed by atoms with Gasteiger partial charge in [-0.05, 0) is 20.8 Å². The second kappa shape index (κ2) is 2.63. The second-order valence-corrected chi connectivity index (χ2v) is 4.08. The molecule has 0 radical (unpaired) electrons. The molecular weight excluding hydrogens is 182 g/mol. The van der Waals surface area contributed by atoms with Crippen molar-refractivity contribution in [2.75, 3.05) is 0 Å². The Morgan fingerprint density at radius 2 is 2.14 bits per heavy atom. The largest absolute Gasteiger partial charge is 0.295 e. The standard InChI is InChI=1S/C8H11N5O/c1-8(2,3)13-7(14)5-6(12-13)11-10-4-9-5/h4H,1-3H3,(H,11,12). The number of H-pyrrole nitrogens is 1. The predicted molar refractivity (Wildman–Crippen MR) is 50.9 cm³/mol. The molecule has 0 fully saturated rings. The minimum Gasteiger partial charge on any atom is -0.275 e. The molecular formula is C8H11N5O. The molecule has 2 heterocycles. The van der Waals surface area contributed by atoms with Crippen molar-refractivity contribution in [3.63, 3.8) is 0 Å². The molecule has 0 aliphatic carbocycles. The van der Waals surface area contributed by atoms with E-state index in [0.29, 0.717) is 11.2 Å². The van der Waals surface area contributed by atoms with Crippen molar-refractivity contribution in [1.82, 2.24) is 25.0 Å². The van der Waals surface area contributed by atoms with Crippen molar-refractivity contribution >= 4 is 11.2 Å². The Kier molecular flexibility index (Phi) is 1.67. The van der Waals surface area contributed by atoms with E-state index in [0.717, 1.165) is 0 Å². The third-order valence-electron chi connectivity index (χ3n) is 1.91. The van der Waals surface area contributed by atoms with E-state index in [1.165, 1.54) is 11.0 Å². The fourth-order valence-corrected chi connectivity index (χ4v) is 1.24. The molecule has 6 nitrogen and oxygen atoms in total. The lowest BCUT2D eigenvalue weighted by atomic mass is 10.1. The summed E-state index contributed by atoms with van der Waals surface area (Å²) in [6.07, 6.45) is 1.27. The van der Waals surface area contributed by atoms with Crippen LogP contribution in [0.2, 0.25) is 0 Å². The number of rotatable bonds is 0. The predicted octanol–water partition coefficient (Wildman–Crippen LogP) is 0.270. The van der Waals surface area contributed by atoms with Crippen LogP contribution in [0.25, 0.3) is 11.2 Å². The molecule has 74 valence electrons. The Bertz CT molecular complexity index is 518. The number of aromatic amines is 1. The maximum absolute atomic E-state index is 11.8. The summed E-state index contributed by atoms with van der Waals surface area (Å²) in [6, 6.07) is 0. The van der Waals surface area contributed by atoms with E-state index in [9.17, 15) is 4.79 Å². The van der Waals surface area contributed by atoms with Crippen molar-refractivity contribution in [1.29, 1.82) is 0 Å². The molecule has 14 heavy (non-hydrogen) atoms. The zero-order valence-electron chi connectivity index (χ0n) is 8.27. The average molecular weight is 193 g/mol. The topological polar surface area (TPSA) is 76.5 Å². The van der Waals surface area contributed by atoms with Gasteiger partial charge in [-0.3, -0.25) is 9.89 Å². The van der Waals surface area contributed by atoms with E-state index < -0.39 is 0 Å². The highest BCUT2D eigenvalue weighted by Gasteiger charge is 2.19. The Morgan fingerprint density at radius 1 is 1.43 bits per heavy atom. The van der Waals surface area contributed by atoms with Crippen LogP contribution in [0.15, 0.2) is 11.1 Å². The third kappa shape index (κ3) is 1.19. The summed E-state index contributed by atoms with van der Waals surface area (Å²) >= 11 is 0. The molecule has 0 atom stereocenters. The summed E-state index contributed by atoms with van der Waals surface area (Å²) in [5.41, 5.74) is 0.282. The van der Waals surface area contributed by atoms with Crippen LogP contribution in [0, 0.1) is 0 Å². The minimum absolute atomic E-state index is 0.164. The molecule has 6 heteroatoms. The van der Waals surface area contributed by atoms with Crippen LogP contribution in [0.5, 0.6) is 0 Å².